The average Bonchev–Trinajstić information content (AvgIpc) is 3.21. The normalized spacial score (nSPS) is 10.2. The van der Waals surface area contributed by atoms with E-state index in [0.29, 0.717) is 47.8 Å². The van der Waals surface area contributed by atoms with Crippen LogP contribution in [0.25, 0.3) is 0 Å². The van der Waals surface area contributed by atoms with Crippen LogP contribution in [-0.2, 0) is 32.7 Å². The lowest BCUT2D eigenvalue weighted by Gasteiger charge is -2.03. The van der Waals surface area contributed by atoms with Gasteiger partial charge < -0.3 is 39.1 Å². The van der Waals surface area contributed by atoms with E-state index in [1.165, 1.54) is 43.7 Å². The summed E-state index contributed by atoms with van der Waals surface area (Å²) < 4.78 is 17.6. The van der Waals surface area contributed by atoms with Crippen LogP contribution in [0.1, 0.15) is 73.8 Å². The van der Waals surface area contributed by atoms with Gasteiger partial charge in [0, 0.05) is 65.0 Å². The fourth-order valence-corrected chi connectivity index (χ4v) is 5.09. The molecule has 1 atom stereocenters. The summed E-state index contributed by atoms with van der Waals surface area (Å²) in [5.74, 6) is 0.644. The molecule has 0 spiro atoms. The summed E-state index contributed by atoms with van der Waals surface area (Å²) >= 11 is 17.2. The number of hydrogen-bond donors (Lipinski definition) is 6. The van der Waals surface area contributed by atoms with Gasteiger partial charge in [0.1, 0.15) is 11.6 Å². The quantitative estimate of drug-likeness (QED) is 0.0722. The summed E-state index contributed by atoms with van der Waals surface area (Å²) in [7, 11) is 1.65. The monoisotopic (exact) mass is 814 g/mol. The lowest BCUT2D eigenvalue weighted by Crippen LogP contribution is -2.13. The smallest absolute Gasteiger partial charge is 0.127 e. The highest BCUT2D eigenvalue weighted by molar-refractivity contribution is 6.35. The van der Waals surface area contributed by atoms with Gasteiger partial charge >= 0.3 is 0 Å². The van der Waals surface area contributed by atoms with Crippen LogP contribution in [0.15, 0.2) is 121 Å². The molecule has 11 heteroatoms. The molecule has 0 radical (unpaired) electrons. The standard InChI is InChI=1S/C8H11NO.C8H19N.C7H7Cl2N.C7H8ClN.C7H8FN.C7H9N/c1-10-8-5-3-2-4-7(8)6-9;1-3-4-5-6-7-8(2)9;8-6-2-1-5(4-10)7(9)3-6;2*8-7-4-2-1-3-6(7)5-9;8-6-7-4-2-1-3-5-7/h2-5H,6,9H2,1H3;8H,3-7,9H2,1-2H3;1-3H,4,10H2;2*1-4H,5,9H2;1-5H,6,8H2. The van der Waals surface area contributed by atoms with Gasteiger partial charge in [-0.15, -0.1) is 0 Å². The van der Waals surface area contributed by atoms with Gasteiger partial charge in [0.25, 0.3) is 0 Å². The lowest BCUT2D eigenvalue weighted by molar-refractivity contribution is 0.410. The topological polar surface area (TPSA) is 165 Å². The zero-order valence-electron chi connectivity index (χ0n) is 32.6. The molecule has 0 aliphatic rings. The molecule has 5 aromatic rings. The Balaban J connectivity index is 0.000000637. The molecule has 0 bridgehead atoms. The van der Waals surface area contributed by atoms with Gasteiger partial charge in [-0.05, 0) is 60.4 Å². The molecule has 0 saturated carbocycles. The third kappa shape index (κ3) is 25.3. The number of benzene rings is 5. The molecule has 7 nitrogen and oxygen atoms in total. The Morgan fingerprint density at radius 2 is 1.07 bits per heavy atom. The van der Waals surface area contributed by atoms with Crippen LogP contribution in [0.3, 0.4) is 0 Å². The molecule has 0 fully saturated rings. The molecular weight excluding hydrogens is 754 g/mol. The Hall–Kier alpha value is -3.54. The summed E-state index contributed by atoms with van der Waals surface area (Å²) in [6.07, 6.45) is 6.55. The maximum Gasteiger partial charge on any atom is 0.127 e. The summed E-state index contributed by atoms with van der Waals surface area (Å²) in [5, 5.41) is 2.03. The van der Waals surface area contributed by atoms with Gasteiger partial charge in [0.15, 0.2) is 0 Å². The van der Waals surface area contributed by atoms with E-state index in [-0.39, 0.29) is 12.4 Å². The number of ether oxygens (including phenoxy) is 1. The molecule has 0 aliphatic heterocycles. The number of rotatable bonds is 11. The third-order valence-electron chi connectivity index (χ3n) is 7.59. The van der Waals surface area contributed by atoms with Crippen LogP contribution in [0.5, 0.6) is 5.75 Å². The fourth-order valence-electron chi connectivity index (χ4n) is 4.39. The van der Waals surface area contributed by atoms with Crippen molar-refractivity contribution in [2.24, 2.45) is 34.4 Å². The minimum atomic E-state index is -0.222. The Morgan fingerprint density at radius 1 is 0.564 bits per heavy atom. The zero-order chi connectivity index (χ0) is 41.3. The van der Waals surface area contributed by atoms with Crippen molar-refractivity contribution in [1.29, 1.82) is 0 Å². The average molecular weight is 816 g/mol. The van der Waals surface area contributed by atoms with Gasteiger partial charge in [-0.1, -0.05) is 158 Å². The van der Waals surface area contributed by atoms with Crippen molar-refractivity contribution < 1.29 is 9.13 Å². The maximum atomic E-state index is 12.5. The summed E-state index contributed by atoms with van der Waals surface area (Å²) in [4.78, 5) is 0. The first-order valence-electron chi connectivity index (χ1n) is 18.3. The third-order valence-corrected chi connectivity index (χ3v) is 8.55. The van der Waals surface area contributed by atoms with Crippen molar-refractivity contribution in [3.8, 4) is 5.75 Å². The van der Waals surface area contributed by atoms with Gasteiger partial charge in [-0.2, -0.15) is 0 Å². The molecular formula is C44H62Cl3FN6O. The molecule has 0 saturated heterocycles. The predicted molar refractivity (Wildman–Crippen MR) is 236 cm³/mol. The first-order valence-corrected chi connectivity index (χ1v) is 19.5. The van der Waals surface area contributed by atoms with E-state index in [4.69, 9.17) is 73.9 Å². The predicted octanol–water partition coefficient (Wildman–Crippen LogP) is 10.1. The van der Waals surface area contributed by atoms with Gasteiger partial charge in [0.2, 0.25) is 0 Å². The zero-order valence-corrected chi connectivity index (χ0v) is 34.8. The van der Waals surface area contributed by atoms with Crippen molar-refractivity contribution in [2.75, 3.05) is 7.11 Å². The van der Waals surface area contributed by atoms with E-state index in [9.17, 15) is 4.39 Å². The van der Waals surface area contributed by atoms with Crippen molar-refractivity contribution in [2.45, 2.75) is 84.7 Å². The Labute approximate surface area is 344 Å². The van der Waals surface area contributed by atoms with Crippen LogP contribution < -0.4 is 39.1 Å². The summed E-state index contributed by atoms with van der Waals surface area (Å²) in [5.41, 5.74) is 37.0. The second-order valence-corrected chi connectivity index (χ2v) is 13.3. The summed E-state index contributed by atoms with van der Waals surface area (Å²) in [6.45, 7) is 6.71. The number of methoxy groups -OCH3 is 1. The van der Waals surface area contributed by atoms with Gasteiger partial charge in [-0.25, -0.2) is 4.39 Å². The van der Waals surface area contributed by atoms with E-state index in [1.54, 1.807) is 37.4 Å². The van der Waals surface area contributed by atoms with E-state index >= 15 is 0 Å². The number of halogens is 4. The van der Waals surface area contributed by atoms with E-state index in [1.807, 2.05) is 84.9 Å². The largest absolute Gasteiger partial charge is 0.496 e. The Morgan fingerprint density at radius 3 is 1.49 bits per heavy atom. The van der Waals surface area contributed by atoms with E-state index in [2.05, 4.69) is 13.8 Å². The SMILES string of the molecule is CCCCCCC(C)N.COc1ccccc1CN.NCc1ccc(Cl)cc1Cl.NCc1ccccc1.NCc1ccccc1Cl.NCc1ccccc1F. The minimum absolute atomic E-state index is 0.222. The molecule has 1 unspecified atom stereocenters. The van der Waals surface area contributed by atoms with Crippen LogP contribution >= 0.6 is 34.8 Å². The Bertz CT molecular complexity index is 1600. The molecule has 5 aromatic carbocycles. The number of nitrogens with two attached hydrogens (primary N) is 6. The van der Waals surface area contributed by atoms with Gasteiger partial charge in [-0.3, -0.25) is 0 Å². The summed E-state index contributed by atoms with van der Waals surface area (Å²) in [6, 6.07) is 37.5. The van der Waals surface area contributed by atoms with E-state index < -0.39 is 0 Å². The molecule has 302 valence electrons. The molecule has 0 amide bonds. The van der Waals surface area contributed by atoms with Crippen LogP contribution in [0, 0.1) is 5.82 Å². The van der Waals surface area contributed by atoms with Crippen LogP contribution in [-0.4, -0.2) is 13.2 Å². The second kappa shape index (κ2) is 33.8. The molecule has 5 rings (SSSR count). The number of para-hydroxylation sites is 1. The van der Waals surface area contributed by atoms with E-state index in [0.717, 1.165) is 27.5 Å². The first-order chi connectivity index (χ1) is 26.5. The fraction of sp³-hybridized carbons (Fsp3) is 0.318. The highest BCUT2D eigenvalue weighted by Crippen LogP contribution is 2.20. The molecule has 0 heterocycles. The van der Waals surface area contributed by atoms with Crippen LogP contribution in [0.4, 0.5) is 4.39 Å². The van der Waals surface area contributed by atoms with Crippen molar-refractivity contribution in [3.05, 3.63) is 170 Å². The molecule has 0 aromatic heterocycles. The minimum Gasteiger partial charge on any atom is -0.496 e. The van der Waals surface area contributed by atoms with Crippen molar-refractivity contribution in [3.63, 3.8) is 0 Å². The maximum absolute atomic E-state index is 12.5. The van der Waals surface area contributed by atoms with Crippen molar-refractivity contribution >= 4 is 34.8 Å². The number of hydrogen-bond acceptors (Lipinski definition) is 7. The molecule has 55 heavy (non-hydrogen) atoms. The van der Waals surface area contributed by atoms with Crippen molar-refractivity contribution in [1.82, 2.24) is 0 Å². The van der Waals surface area contributed by atoms with Gasteiger partial charge in [0.05, 0.1) is 7.11 Å². The lowest BCUT2D eigenvalue weighted by atomic mass is 10.1. The Kier molecular flexibility index (Phi) is 31.6. The highest BCUT2D eigenvalue weighted by Gasteiger charge is 1.98. The van der Waals surface area contributed by atoms with Crippen LogP contribution in [0.2, 0.25) is 15.1 Å². The first kappa shape index (κ1) is 51.5. The molecule has 12 N–H and O–H groups in total. The molecule has 0 aliphatic carbocycles. The number of unbranched alkanes of at least 4 members (excludes halogenated alkanes) is 3. The highest BCUT2D eigenvalue weighted by atomic mass is 35.5. The second-order valence-electron chi connectivity index (χ2n) is 12.1.